The summed E-state index contributed by atoms with van der Waals surface area (Å²) in [5, 5.41) is 2.96. The Morgan fingerprint density at radius 2 is 1.81 bits per heavy atom. The molecule has 0 spiro atoms. The quantitative estimate of drug-likeness (QED) is 0.821. The molecule has 0 radical (unpaired) electrons. The molecule has 0 aliphatic carbocycles. The summed E-state index contributed by atoms with van der Waals surface area (Å²) in [4.78, 5) is 26.4. The minimum atomic E-state index is -0.381. The zero-order chi connectivity index (χ0) is 19.2. The van der Waals surface area contributed by atoms with Crippen LogP contribution in [0.3, 0.4) is 0 Å². The van der Waals surface area contributed by atoms with E-state index in [1.165, 1.54) is 18.2 Å². The van der Waals surface area contributed by atoms with Crippen LogP contribution in [0, 0.1) is 12.8 Å². The number of aryl methyl sites for hydroxylation is 1. The van der Waals surface area contributed by atoms with Gasteiger partial charge < -0.3 is 10.1 Å². The number of esters is 1. The van der Waals surface area contributed by atoms with Gasteiger partial charge in [0, 0.05) is 18.2 Å². The van der Waals surface area contributed by atoms with Gasteiger partial charge in [0.15, 0.2) is 0 Å². The van der Waals surface area contributed by atoms with Crippen LogP contribution in [0.15, 0.2) is 48.5 Å². The Morgan fingerprint density at radius 1 is 1.11 bits per heavy atom. The zero-order valence-electron chi connectivity index (χ0n) is 15.9. The fraction of sp³-hybridized carbons (Fsp3) is 0.364. The molecule has 0 saturated carbocycles. The fourth-order valence-corrected chi connectivity index (χ4v) is 3.47. The zero-order valence-corrected chi connectivity index (χ0v) is 15.9. The largest absolute Gasteiger partial charge is 0.465 e. The fourth-order valence-electron chi connectivity index (χ4n) is 3.47. The van der Waals surface area contributed by atoms with Crippen molar-refractivity contribution in [3.8, 4) is 0 Å². The van der Waals surface area contributed by atoms with Gasteiger partial charge in [-0.25, -0.2) is 4.79 Å². The number of amides is 1. The Morgan fingerprint density at radius 3 is 2.44 bits per heavy atom. The second kappa shape index (κ2) is 8.82. The van der Waals surface area contributed by atoms with Crippen LogP contribution in [0.1, 0.15) is 34.3 Å². The predicted molar refractivity (Wildman–Crippen MR) is 106 cm³/mol. The van der Waals surface area contributed by atoms with Gasteiger partial charge in [-0.05, 0) is 62.7 Å². The van der Waals surface area contributed by atoms with E-state index in [1.807, 2.05) is 0 Å². The average Bonchev–Trinajstić information content (AvgIpc) is 2.68. The van der Waals surface area contributed by atoms with Crippen molar-refractivity contribution < 1.29 is 14.3 Å². The summed E-state index contributed by atoms with van der Waals surface area (Å²) >= 11 is 0. The summed E-state index contributed by atoms with van der Waals surface area (Å²) in [6.45, 7) is 4.89. The molecule has 142 valence electrons. The van der Waals surface area contributed by atoms with Crippen molar-refractivity contribution in [1.29, 1.82) is 0 Å². The van der Waals surface area contributed by atoms with E-state index >= 15 is 0 Å². The number of hydrogen-bond acceptors (Lipinski definition) is 4. The number of anilines is 1. The van der Waals surface area contributed by atoms with Crippen molar-refractivity contribution in [3.05, 3.63) is 65.2 Å². The lowest BCUT2D eigenvalue weighted by atomic mass is 9.95. The third-order valence-corrected chi connectivity index (χ3v) is 5.02. The predicted octanol–water partition coefficient (Wildman–Crippen LogP) is 3.63. The minimum absolute atomic E-state index is 0.0269. The molecule has 2 aromatic carbocycles. The number of methoxy groups -OCH3 is 1. The maximum Gasteiger partial charge on any atom is 0.337 e. The second-order valence-electron chi connectivity index (χ2n) is 7.10. The van der Waals surface area contributed by atoms with E-state index in [0.29, 0.717) is 11.3 Å². The van der Waals surface area contributed by atoms with Crippen molar-refractivity contribution in [1.82, 2.24) is 4.90 Å². The number of likely N-dealkylation sites (tertiary alicyclic amines) is 1. The van der Waals surface area contributed by atoms with Gasteiger partial charge in [0.1, 0.15) is 0 Å². The van der Waals surface area contributed by atoms with Gasteiger partial charge in [-0.1, -0.05) is 29.8 Å². The summed E-state index contributed by atoms with van der Waals surface area (Å²) < 4.78 is 4.68. The molecule has 0 aromatic heterocycles. The molecule has 1 aliphatic heterocycles. The smallest absolute Gasteiger partial charge is 0.337 e. The van der Waals surface area contributed by atoms with Crippen LogP contribution in [-0.2, 0) is 16.1 Å². The highest BCUT2D eigenvalue weighted by atomic mass is 16.5. The average molecular weight is 366 g/mol. The lowest BCUT2D eigenvalue weighted by Crippen LogP contribution is -2.37. The molecule has 0 atom stereocenters. The Balaban J connectivity index is 1.49. The molecule has 1 fully saturated rings. The lowest BCUT2D eigenvalue weighted by Gasteiger charge is -2.31. The summed E-state index contributed by atoms with van der Waals surface area (Å²) in [5.74, 6) is -0.302. The number of ether oxygens (including phenoxy) is 1. The summed E-state index contributed by atoms with van der Waals surface area (Å²) in [7, 11) is 1.35. The first kappa shape index (κ1) is 19.1. The van der Waals surface area contributed by atoms with E-state index in [1.54, 1.807) is 24.3 Å². The molecular formula is C22H26N2O3. The molecule has 5 nitrogen and oxygen atoms in total. The second-order valence-corrected chi connectivity index (χ2v) is 7.10. The third-order valence-electron chi connectivity index (χ3n) is 5.02. The van der Waals surface area contributed by atoms with E-state index in [9.17, 15) is 9.59 Å². The first-order valence-corrected chi connectivity index (χ1v) is 9.32. The van der Waals surface area contributed by atoms with E-state index in [-0.39, 0.29) is 17.8 Å². The van der Waals surface area contributed by atoms with Gasteiger partial charge in [0.2, 0.25) is 5.91 Å². The third kappa shape index (κ3) is 5.17. The van der Waals surface area contributed by atoms with Crippen LogP contribution in [0.5, 0.6) is 0 Å². The summed E-state index contributed by atoms with van der Waals surface area (Å²) in [6, 6.07) is 15.4. The number of nitrogens with one attached hydrogen (secondary N) is 1. The summed E-state index contributed by atoms with van der Waals surface area (Å²) in [5.41, 5.74) is 3.78. The topological polar surface area (TPSA) is 58.6 Å². The molecule has 2 aromatic rings. The number of rotatable bonds is 5. The van der Waals surface area contributed by atoms with Crippen molar-refractivity contribution in [3.63, 3.8) is 0 Å². The van der Waals surface area contributed by atoms with Crippen molar-refractivity contribution in [2.24, 2.45) is 5.92 Å². The van der Waals surface area contributed by atoms with Crippen LogP contribution >= 0.6 is 0 Å². The monoisotopic (exact) mass is 366 g/mol. The number of benzene rings is 2. The number of carbonyl (C=O) groups excluding carboxylic acids is 2. The lowest BCUT2D eigenvalue weighted by molar-refractivity contribution is -0.121. The minimum Gasteiger partial charge on any atom is -0.465 e. The van der Waals surface area contributed by atoms with Crippen molar-refractivity contribution in [2.75, 3.05) is 25.5 Å². The van der Waals surface area contributed by atoms with Crippen LogP contribution in [0.2, 0.25) is 0 Å². The SMILES string of the molecule is COC(=O)c1ccc(NC(=O)C2CCN(Cc3cccc(C)c3)CC2)cc1. The molecule has 1 saturated heterocycles. The normalized spacial score (nSPS) is 15.3. The van der Waals surface area contributed by atoms with Crippen LogP contribution in [-0.4, -0.2) is 37.0 Å². The summed E-state index contributed by atoms with van der Waals surface area (Å²) in [6.07, 6.45) is 1.72. The molecule has 5 heteroatoms. The van der Waals surface area contributed by atoms with Gasteiger partial charge >= 0.3 is 5.97 Å². The molecular weight excluding hydrogens is 340 g/mol. The molecule has 1 amide bonds. The molecule has 0 unspecified atom stereocenters. The van der Waals surface area contributed by atoms with E-state index in [2.05, 4.69) is 46.1 Å². The van der Waals surface area contributed by atoms with Crippen LogP contribution in [0.25, 0.3) is 0 Å². The maximum atomic E-state index is 12.5. The van der Waals surface area contributed by atoms with E-state index < -0.39 is 0 Å². The van der Waals surface area contributed by atoms with E-state index in [4.69, 9.17) is 0 Å². The maximum absolute atomic E-state index is 12.5. The Bertz CT molecular complexity index is 793. The van der Waals surface area contributed by atoms with Gasteiger partial charge in [-0.15, -0.1) is 0 Å². The molecule has 27 heavy (non-hydrogen) atoms. The van der Waals surface area contributed by atoms with Gasteiger partial charge in [0.25, 0.3) is 0 Å². The highest BCUT2D eigenvalue weighted by molar-refractivity contribution is 5.94. The highest BCUT2D eigenvalue weighted by Crippen LogP contribution is 2.21. The van der Waals surface area contributed by atoms with Crippen molar-refractivity contribution in [2.45, 2.75) is 26.3 Å². The number of carbonyl (C=O) groups is 2. The van der Waals surface area contributed by atoms with E-state index in [0.717, 1.165) is 32.5 Å². The molecule has 3 rings (SSSR count). The number of nitrogens with zero attached hydrogens (tertiary/aromatic N) is 1. The van der Waals surface area contributed by atoms with Crippen LogP contribution in [0.4, 0.5) is 5.69 Å². The molecule has 1 N–H and O–H groups in total. The molecule has 1 heterocycles. The Hall–Kier alpha value is -2.66. The number of hydrogen-bond donors (Lipinski definition) is 1. The highest BCUT2D eigenvalue weighted by Gasteiger charge is 2.25. The molecule has 0 bridgehead atoms. The first-order chi connectivity index (χ1) is 13.0. The standard InChI is InChI=1S/C22H26N2O3/c1-16-4-3-5-17(14-16)15-24-12-10-18(11-13-24)21(25)23-20-8-6-19(7-9-20)22(26)27-2/h3-9,14,18H,10-13,15H2,1-2H3,(H,23,25). The Labute approximate surface area is 160 Å². The van der Waals surface area contributed by atoms with Crippen LogP contribution < -0.4 is 5.32 Å². The molecule has 1 aliphatic rings. The van der Waals surface area contributed by atoms with Crippen molar-refractivity contribution >= 4 is 17.6 Å². The van der Waals surface area contributed by atoms with Gasteiger partial charge in [0.05, 0.1) is 12.7 Å². The Kier molecular flexibility index (Phi) is 6.24. The first-order valence-electron chi connectivity index (χ1n) is 9.32. The van der Waals surface area contributed by atoms with Gasteiger partial charge in [-0.2, -0.15) is 0 Å². The van der Waals surface area contributed by atoms with Gasteiger partial charge in [-0.3, -0.25) is 9.69 Å². The number of piperidine rings is 1.